The van der Waals surface area contributed by atoms with Crippen molar-refractivity contribution in [1.82, 2.24) is 9.97 Å². The number of rotatable bonds is 13. The number of aryl methyl sites for hydroxylation is 2. The summed E-state index contributed by atoms with van der Waals surface area (Å²) in [6.07, 6.45) is 15.0. The average Bonchev–Trinajstić information content (AvgIpc) is 2.75. The van der Waals surface area contributed by atoms with Crippen molar-refractivity contribution < 1.29 is 19.4 Å². The molecule has 0 fully saturated rings. The molecule has 0 aliphatic carbocycles. The van der Waals surface area contributed by atoms with Gasteiger partial charge in [-0.1, -0.05) is 50.7 Å². The number of aromatic nitrogens is 2. The van der Waals surface area contributed by atoms with Gasteiger partial charge >= 0.3 is 11.9 Å². The van der Waals surface area contributed by atoms with Gasteiger partial charge in [0.25, 0.3) is 0 Å². The molecular formula is C23H30N2O4. The molecule has 0 spiro atoms. The number of carboxylic acids is 1. The van der Waals surface area contributed by atoms with Crippen molar-refractivity contribution in [3.63, 3.8) is 0 Å². The van der Waals surface area contributed by atoms with E-state index in [4.69, 9.17) is 5.11 Å². The molecule has 0 atom stereocenters. The maximum Gasteiger partial charge on any atom is 0.356 e. The Bertz CT molecular complexity index is 757. The van der Waals surface area contributed by atoms with Crippen molar-refractivity contribution >= 4 is 11.9 Å². The number of unbranched alkanes of at least 4 members (excludes halogenated alkanes) is 7. The molecule has 2 rings (SSSR count). The van der Waals surface area contributed by atoms with Crippen LogP contribution >= 0.6 is 0 Å². The Labute approximate surface area is 172 Å². The number of hydrogen-bond donors (Lipinski definition) is 1. The Morgan fingerprint density at radius 1 is 0.759 bits per heavy atom. The quantitative estimate of drug-likeness (QED) is 0.382. The molecule has 29 heavy (non-hydrogen) atoms. The van der Waals surface area contributed by atoms with Crippen LogP contribution in [0.25, 0.3) is 0 Å². The summed E-state index contributed by atoms with van der Waals surface area (Å²) in [4.78, 5) is 30.2. The van der Waals surface area contributed by atoms with E-state index in [0.29, 0.717) is 5.69 Å². The van der Waals surface area contributed by atoms with Gasteiger partial charge in [-0.05, 0) is 48.9 Å². The summed E-state index contributed by atoms with van der Waals surface area (Å²) in [6, 6.07) is 7.10. The second-order valence-electron chi connectivity index (χ2n) is 7.23. The van der Waals surface area contributed by atoms with Crippen molar-refractivity contribution in [2.75, 3.05) is 7.11 Å². The molecule has 2 aromatic heterocycles. The van der Waals surface area contributed by atoms with Crippen LogP contribution in [0.2, 0.25) is 0 Å². The molecule has 0 bridgehead atoms. The maximum absolute atomic E-state index is 11.4. The summed E-state index contributed by atoms with van der Waals surface area (Å²) >= 11 is 0. The monoisotopic (exact) mass is 398 g/mol. The topological polar surface area (TPSA) is 89.4 Å². The van der Waals surface area contributed by atoms with Crippen LogP contribution in [0.15, 0.2) is 36.7 Å². The summed E-state index contributed by atoms with van der Waals surface area (Å²) in [5.41, 5.74) is 2.71. The van der Waals surface area contributed by atoms with Crippen molar-refractivity contribution in [2.45, 2.75) is 64.2 Å². The molecule has 6 nitrogen and oxygen atoms in total. The normalized spacial score (nSPS) is 10.7. The van der Waals surface area contributed by atoms with Crippen molar-refractivity contribution in [3.8, 4) is 0 Å². The number of pyridine rings is 2. The second kappa shape index (κ2) is 12.6. The van der Waals surface area contributed by atoms with Gasteiger partial charge in [0.15, 0.2) is 0 Å². The first-order valence-corrected chi connectivity index (χ1v) is 10.3. The summed E-state index contributed by atoms with van der Waals surface area (Å²) in [5.74, 6) is -1.38. The Balaban J connectivity index is 1.46. The molecule has 0 amide bonds. The third-order valence-electron chi connectivity index (χ3n) is 4.94. The zero-order valence-electron chi connectivity index (χ0n) is 17.1. The van der Waals surface area contributed by atoms with E-state index < -0.39 is 11.9 Å². The zero-order chi connectivity index (χ0) is 20.9. The van der Waals surface area contributed by atoms with Crippen molar-refractivity contribution in [1.29, 1.82) is 0 Å². The first kappa shape index (κ1) is 22.5. The number of carboxylic acid groups (broad SMARTS) is 1. The van der Waals surface area contributed by atoms with Crippen LogP contribution in [0.1, 0.15) is 83.5 Å². The molecular weight excluding hydrogens is 368 g/mol. The van der Waals surface area contributed by atoms with Crippen LogP contribution in [0.3, 0.4) is 0 Å². The predicted molar refractivity (Wildman–Crippen MR) is 111 cm³/mol. The van der Waals surface area contributed by atoms with Gasteiger partial charge in [-0.3, -0.25) is 0 Å². The first-order valence-electron chi connectivity index (χ1n) is 10.3. The van der Waals surface area contributed by atoms with Crippen LogP contribution in [0.4, 0.5) is 0 Å². The minimum absolute atomic E-state index is 0.100. The van der Waals surface area contributed by atoms with E-state index in [9.17, 15) is 9.59 Å². The van der Waals surface area contributed by atoms with Gasteiger partial charge in [-0.25, -0.2) is 19.6 Å². The van der Waals surface area contributed by atoms with Gasteiger partial charge in [0, 0.05) is 12.4 Å². The van der Waals surface area contributed by atoms with E-state index in [1.54, 1.807) is 24.5 Å². The highest BCUT2D eigenvalue weighted by Gasteiger charge is 2.06. The fourth-order valence-corrected chi connectivity index (χ4v) is 3.22. The molecule has 0 unspecified atom stereocenters. The van der Waals surface area contributed by atoms with Crippen molar-refractivity contribution in [2.24, 2.45) is 0 Å². The van der Waals surface area contributed by atoms with Gasteiger partial charge in [0.05, 0.1) is 7.11 Å². The summed E-state index contributed by atoms with van der Waals surface area (Å²) < 4.78 is 4.65. The molecule has 6 heteroatoms. The lowest BCUT2D eigenvalue weighted by Crippen LogP contribution is -2.04. The van der Waals surface area contributed by atoms with Crippen LogP contribution in [-0.4, -0.2) is 34.1 Å². The maximum atomic E-state index is 11.4. The molecule has 2 heterocycles. The first-order chi connectivity index (χ1) is 14.1. The number of esters is 1. The van der Waals surface area contributed by atoms with Gasteiger partial charge in [-0.15, -0.1) is 0 Å². The molecule has 0 radical (unpaired) electrons. The van der Waals surface area contributed by atoms with Gasteiger partial charge in [0.1, 0.15) is 11.4 Å². The lowest BCUT2D eigenvalue weighted by molar-refractivity contribution is 0.0593. The molecule has 0 aromatic carbocycles. The largest absolute Gasteiger partial charge is 0.477 e. The molecule has 0 saturated heterocycles. The van der Waals surface area contributed by atoms with Gasteiger partial charge in [-0.2, -0.15) is 0 Å². The predicted octanol–water partition coefficient (Wildman–Crippen LogP) is 4.87. The summed E-state index contributed by atoms with van der Waals surface area (Å²) in [7, 11) is 1.36. The van der Waals surface area contributed by atoms with Crippen molar-refractivity contribution in [3.05, 3.63) is 59.2 Å². The summed E-state index contributed by atoms with van der Waals surface area (Å²) in [5, 5.41) is 8.84. The smallest absolute Gasteiger partial charge is 0.356 e. The minimum atomic E-state index is -0.982. The number of aromatic carboxylic acids is 1. The Morgan fingerprint density at radius 2 is 1.21 bits per heavy atom. The fourth-order valence-electron chi connectivity index (χ4n) is 3.22. The van der Waals surface area contributed by atoms with E-state index in [-0.39, 0.29) is 5.69 Å². The van der Waals surface area contributed by atoms with Crippen LogP contribution < -0.4 is 0 Å². The zero-order valence-corrected chi connectivity index (χ0v) is 17.1. The van der Waals surface area contributed by atoms with Crippen LogP contribution in [0, 0.1) is 0 Å². The highest BCUT2D eigenvalue weighted by Crippen LogP contribution is 2.13. The van der Waals surface area contributed by atoms with E-state index in [0.717, 1.165) is 36.8 Å². The third kappa shape index (κ3) is 8.42. The van der Waals surface area contributed by atoms with E-state index in [1.165, 1.54) is 45.6 Å². The van der Waals surface area contributed by atoms with E-state index >= 15 is 0 Å². The third-order valence-corrected chi connectivity index (χ3v) is 4.94. The lowest BCUT2D eigenvalue weighted by atomic mass is 10.0. The number of methoxy groups -OCH3 is 1. The highest BCUT2D eigenvalue weighted by atomic mass is 16.5. The Kier molecular flexibility index (Phi) is 9.83. The average molecular weight is 399 g/mol. The number of carbonyl (C=O) groups excluding carboxylic acids is 1. The Hall–Kier alpha value is -2.76. The SMILES string of the molecule is COC(=O)c1ccc(CCCCCCCCCCc2ccc(C(=O)O)nc2)cn1. The molecule has 2 aromatic rings. The molecule has 0 aliphatic heterocycles. The van der Waals surface area contributed by atoms with E-state index in [2.05, 4.69) is 14.7 Å². The number of carbonyl (C=O) groups is 2. The summed E-state index contributed by atoms with van der Waals surface area (Å²) in [6.45, 7) is 0. The van der Waals surface area contributed by atoms with Crippen LogP contribution in [0.5, 0.6) is 0 Å². The number of hydrogen-bond acceptors (Lipinski definition) is 5. The molecule has 0 aliphatic rings. The molecule has 156 valence electrons. The lowest BCUT2D eigenvalue weighted by Gasteiger charge is -2.04. The molecule has 1 N–H and O–H groups in total. The van der Waals surface area contributed by atoms with Gasteiger partial charge in [0.2, 0.25) is 0 Å². The second-order valence-corrected chi connectivity index (χ2v) is 7.23. The number of ether oxygens (including phenoxy) is 1. The number of nitrogens with zero attached hydrogens (tertiary/aromatic N) is 2. The highest BCUT2D eigenvalue weighted by molar-refractivity contribution is 5.87. The standard InChI is InChI=1S/C23H30N2O4/c1-29-23(28)21-15-13-19(17-25-21)11-9-7-5-3-2-4-6-8-10-18-12-14-20(22(26)27)24-16-18/h12-17H,2-11H2,1H3,(H,26,27). The molecule has 0 saturated carbocycles. The fraction of sp³-hybridized carbons (Fsp3) is 0.478. The Morgan fingerprint density at radius 3 is 1.59 bits per heavy atom. The van der Waals surface area contributed by atoms with E-state index in [1.807, 2.05) is 12.1 Å². The van der Waals surface area contributed by atoms with Crippen LogP contribution in [-0.2, 0) is 17.6 Å². The minimum Gasteiger partial charge on any atom is -0.477 e. The van der Waals surface area contributed by atoms with Gasteiger partial charge < -0.3 is 9.84 Å².